The first-order valence-electron chi connectivity index (χ1n) is 15.1. The van der Waals surface area contributed by atoms with Crippen molar-refractivity contribution in [3.8, 4) is 22.9 Å². The highest BCUT2D eigenvalue weighted by Gasteiger charge is 2.45. The lowest BCUT2D eigenvalue weighted by Gasteiger charge is -2.33. The highest BCUT2D eigenvalue weighted by Crippen LogP contribution is 2.43. The number of benzene rings is 1. The van der Waals surface area contributed by atoms with Crippen LogP contribution in [0.25, 0.3) is 22.3 Å². The van der Waals surface area contributed by atoms with E-state index >= 15 is 0 Å². The topological polar surface area (TPSA) is 141 Å². The molecule has 0 radical (unpaired) electrons. The van der Waals surface area contributed by atoms with Gasteiger partial charge in [-0.05, 0) is 57.7 Å². The third kappa shape index (κ3) is 4.67. The van der Waals surface area contributed by atoms with Gasteiger partial charge in [-0.1, -0.05) is 6.92 Å². The van der Waals surface area contributed by atoms with Crippen LogP contribution in [0.4, 0.5) is 4.79 Å². The summed E-state index contributed by atoms with van der Waals surface area (Å²) >= 11 is 0. The zero-order chi connectivity index (χ0) is 31.0. The number of carbonyl (C=O) groups is 2. The van der Waals surface area contributed by atoms with Crippen LogP contribution < -0.4 is 20.3 Å². The summed E-state index contributed by atoms with van der Waals surface area (Å²) in [5.74, 6) is 0.501. The Hall–Kier alpha value is -4.16. The summed E-state index contributed by atoms with van der Waals surface area (Å²) < 4.78 is 23.7. The van der Waals surface area contributed by atoms with Crippen molar-refractivity contribution in [3.05, 3.63) is 50.8 Å². The Morgan fingerprint density at radius 1 is 1.11 bits per heavy atom. The third-order valence-electron chi connectivity index (χ3n) is 8.99. The van der Waals surface area contributed by atoms with Crippen LogP contribution in [0.1, 0.15) is 69.2 Å². The smallest absolute Gasteiger partial charge is 0.407 e. The van der Waals surface area contributed by atoms with Gasteiger partial charge in [-0.25, -0.2) is 14.6 Å². The fraction of sp³-hybridized carbons (Fsp3) is 0.500. The monoisotopic (exact) mass is 604 g/mol. The first kappa shape index (κ1) is 28.6. The van der Waals surface area contributed by atoms with E-state index in [1.807, 2.05) is 32.9 Å². The Kier molecular flexibility index (Phi) is 6.63. The molecule has 0 bridgehead atoms. The van der Waals surface area contributed by atoms with E-state index in [1.165, 1.54) is 0 Å². The van der Waals surface area contributed by atoms with Gasteiger partial charge in [-0.15, -0.1) is 0 Å². The number of esters is 1. The van der Waals surface area contributed by atoms with Gasteiger partial charge < -0.3 is 33.9 Å². The van der Waals surface area contributed by atoms with Crippen LogP contribution in [0.3, 0.4) is 0 Å². The molecule has 1 saturated heterocycles. The Morgan fingerprint density at radius 2 is 1.84 bits per heavy atom. The number of likely N-dealkylation sites (tertiary alicyclic amines) is 1. The molecule has 2 N–H and O–H groups in total. The molecule has 4 aliphatic heterocycles. The van der Waals surface area contributed by atoms with Gasteiger partial charge in [0.15, 0.2) is 17.1 Å². The number of piperidine rings is 1. The lowest BCUT2D eigenvalue weighted by atomic mass is 9.86. The summed E-state index contributed by atoms with van der Waals surface area (Å²) in [6, 6.07) is 5.56. The maximum atomic E-state index is 13.8. The molecule has 1 amide bonds. The van der Waals surface area contributed by atoms with E-state index in [1.54, 1.807) is 17.6 Å². The average molecular weight is 605 g/mol. The van der Waals surface area contributed by atoms with Crippen LogP contribution in [0, 0.1) is 0 Å². The molecule has 44 heavy (non-hydrogen) atoms. The van der Waals surface area contributed by atoms with E-state index in [9.17, 15) is 19.5 Å². The number of hydrogen-bond acceptors (Lipinski definition) is 10. The molecule has 232 valence electrons. The second-order valence-electron chi connectivity index (χ2n) is 12.9. The van der Waals surface area contributed by atoms with Gasteiger partial charge in [0.05, 0.1) is 29.0 Å². The number of hydrogen-bond donors (Lipinski definition) is 2. The second kappa shape index (κ2) is 10.2. The molecule has 12 heteroatoms. The number of nitrogens with one attached hydrogen (secondary N) is 1. The van der Waals surface area contributed by atoms with E-state index in [2.05, 4.69) is 10.2 Å². The minimum Gasteiger partial charge on any atom is -0.458 e. The van der Waals surface area contributed by atoms with Gasteiger partial charge in [-0.2, -0.15) is 0 Å². The van der Waals surface area contributed by atoms with E-state index < -0.39 is 23.3 Å². The van der Waals surface area contributed by atoms with Crippen LogP contribution in [-0.4, -0.2) is 63.1 Å². The molecule has 0 unspecified atom stereocenters. The maximum absolute atomic E-state index is 13.8. The first-order chi connectivity index (χ1) is 20.9. The van der Waals surface area contributed by atoms with Crippen LogP contribution >= 0.6 is 0 Å². The zero-order valence-corrected chi connectivity index (χ0v) is 25.3. The van der Waals surface area contributed by atoms with Gasteiger partial charge in [0.25, 0.3) is 5.56 Å². The predicted molar refractivity (Wildman–Crippen MR) is 158 cm³/mol. The number of nitrogens with zero attached hydrogens (tertiary/aromatic N) is 3. The number of aromatic nitrogens is 2. The van der Waals surface area contributed by atoms with Gasteiger partial charge in [0.1, 0.15) is 12.2 Å². The van der Waals surface area contributed by atoms with Crippen molar-refractivity contribution in [2.45, 2.75) is 83.9 Å². The summed E-state index contributed by atoms with van der Waals surface area (Å²) in [6.07, 6.45) is 1.21. The van der Waals surface area contributed by atoms with Crippen molar-refractivity contribution < 1.29 is 33.6 Å². The van der Waals surface area contributed by atoms with Crippen LogP contribution in [-0.2, 0) is 39.6 Å². The fourth-order valence-electron chi connectivity index (χ4n) is 6.67. The quantitative estimate of drug-likeness (QED) is 0.333. The summed E-state index contributed by atoms with van der Waals surface area (Å²) in [7, 11) is 0. The number of aliphatic hydroxyl groups is 1. The number of rotatable bonds is 4. The van der Waals surface area contributed by atoms with Crippen molar-refractivity contribution in [1.82, 2.24) is 19.8 Å². The standard InChI is InChI=1S/C32H36N4O8/c1-5-32(40)22-11-24-27-20(14-36(24)28(37)21(22)15-41-29(32)38)19(18-10-25-26(43-16-42-25)12-23(18)34-27)13-35-8-6-17(7-9-35)33-30(39)44-31(2,3)4/h10-12,17,40H,5-9,13-16H2,1-4H3,(H,33,39)/t32-/m0/s1. The van der Waals surface area contributed by atoms with Crippen molar-refractivity contribution >= 4 is 23.0 Å². The normalized spacial score (nSPS) is 21.1. The van der Waals surface area contributed by atoms with Crippen molar-refractivity contribution in [2.24, 2.45) is 0 Å². The molecule has 0 saturated carbocycles. The number of amides is 1. The molecule has 6 heterocycles. The lowest BCUT2D eigenvalue weighted by molar-refractivity contribution is -0.172. The van der Waals surface area contributed by atoms with Crippen molar-refractivity contribution in [1.29, 1.82) is 0 Å². The van der Waals surface area contributed by atoms with Crippen LogP contribution in [0.15, 0.2) is 23.0 Å². The molecule has 0 spiro atoms. The number of ether oxygens (including phenoxy) is 4. The largest absolute Gasteiger partial charge is 0.458 e. The molecule has 12 nitrogen and oxygen atoms in total. The highest BCUT2D eigenvalue weighted by molar-refractivity contribution is 5.91. The van der Waals surface area contributed by atoms with E-state index in [-0.39, 0.29) is 42.5 Å². The number of fused-ring (bicyclic) bond motifs is 6. The molecule has 1 aromatic carbocycles. The Morgan fingerprint density at radius 3 is 2.55 bits per heavy atom. The second-order valence-corrected chi connectivity index (χ2v) is 12.9. The minimum absolute atomic E-state index is 0.0196. The molecule has 1 atom stereocenters. The lowest BCUT2D eigenvalue weighted by Crippen LogP contribution is -2.45. The van der Waals surface area contributed by atoms with Crippen LogP contribution in [0.5, 0.6) is 11.5 Å². The summed E-state index contributed by atoms with van der Waals surface area (Å²) in [5.41, 5.74) is 1.68. The first-order valence-corrected chi connectivity index (χ1v) is 15.1. The average Bonchev–Trinajstić information content (AvgIpc) is 3.58. The number of pyridine rings is 2. The molecule has 3 aromatic rings. The SMILES string of the molecule is CC[C@@]1(O)C(=O)OCc2c1cc1n(c2=O)Cc2c-1nc1cc3c(cc1c2CN1CCC(NC(=O)OC(C)(C)C)CC1)OCO3. The van der Waals surface area contributed by atoms with Gasteiger partial charge in [0, 0.05) is 48.3 Å². The van der Waals surface area contributed by atoms with Crippen molar-refractivity contribution in [3.63, 3.8) is 0 Å². The molecule has 4 aliphatic rings. The van der Waals surface area contributed by atoms with E-state index in [4.69, 9.17) is 23.9 Å². The summed E-state index contributed by atoms with van der Waals surface area (Å²) in [4.78, 5) is 46.1. The van der Waals surface area contributed by atoms with Gasteiger partial charge in [0.2, 0.25) is 6.79 Å². The number of carbonyl (C=O) groups excluding carboxylic acids is 2. The molecule has 7 rings (SSSR count). The Bertz CT molecular complexity index is 1770. The van der Waals surface area contributed by atoms with Crippen LogP contribution in [0.2, 0.25) is 0 Å². The number of cyclic esters (lactones) is 1. The van der Waals surface area contributed by atoms with E-state index in [0.29, 0.717) is 41.5 Å². The minimum atomic E-state index is -1.89. The Balaban J connectivity index is 1.25. The summed E-state index contributed by atoms with van der Waals surface area (Å²) in [6.45, 7) is 9.60. The van der Waals surface area contributed by atoms with Crippen molar-refractivity contribution in [2.75, 3.05) is 19.9 Å². The van der Waals surface area contributed by atoms with E-state index in [0.717, 1.165) is 42.4 Å². The molecule has 1 fully saturated rings. The van der Waals surface area contributed by atoms with Gasteiger partial charge in [-0.3, -0.25) is 9.69 Å². The molecular weight excluding hydrogens is 568 g/mol. The zero-order valence-electron chi connectivity index (χ0n) is 25.3. The highest BCUT2D eigenvalue weighted by atomic mass is 16.7. The molecule has 2 aromatic heterocycles. The molecule has 0 aliphatic carbocycles. The summed E-state index contributed by atoms with van der Waals surface area (Å²) in [5, 5.41) is 15.2. The predicted octanol–water partition coefficient (Wildman–Crippen LogP) is 3.30. The maximum Gasteiger partial charge on any atom is 0.407 e. The fourth-order valence-corrected chi connectivity index (χ4v) is 6.67. The third-order valence-corrected chi connectivity index (χ3v) is 8.99. The molecular formula is C32H36N4O8. The van der Waals surface area contributed by atoms with Gasteiger partial charge >= 0.3 is 12.1 Å². The number of alkyl carbamates (subject to hydrolysis) is 1. The Labute approximate surface area is 253 Å².